The Bertz CT molecular complexity index is 647. The van der Waals surface area contributed by atoms with Crippen molar-refractivity contribution in [2.75, 3.05) is 5.32 Å². The lowest BCUT2D eigenvalue weighted by Crippen LogP contribution is -2.31. The number of hydrogen-bond donors (Lipinski definition) is 6. The standard InChI is InChI=1S/C14H16B2N2O5/c19-14(18-13-7-5-12(6-8-13)16(22)23)17-9-10-1-3-11(4-2-10)15(20)21/h1-8,20-23H,9H2,(H2,17,18,19). The fourth-order valence-electron chi connectivity index (χ4n) is 1.90. The van der Waals surface area contributed by atoms with Gasteiger partial charge in [-0.25, -0.2) is 4.79 Å². The van der Waals surface area contributed by atoms with E-state index in [-0.39, 0.29) is 6.54 Å². The van der Waals surface area contributed by atoms with Crippen LogP contribution in [0.1, 0.15) is 5.56 Å². The highest BCUT2D eigenvalue weighted by Crippen LogP contribution is 2.04. The first kappa shape index (κ1) is 17.0. The molecule has 0 saturated carbocycles. The summed E-state index contributed by atoms with van der Waals surface area (Å²) in [5, 5.41) is 41.2. The number of amides is 2. The Morgan fingerprint density at radius 3 is 1.78 bits per heavy atom. The average molecular weight is 314 g/mol. The number of nitrogens with one attached hydrogen (secondary N) is 2. The fourth-order valence-corrected chi connectivity index (χ4v) is 1.90. The normalized spacial score (nSPS) is 10.1. The van der Waals surface area contributed by atoms with Crippen molar-refractivity contribution in [3.05, 3.63) is 54.1 Å². The van der Waals surface area contributed by atoms with Crippen molar-refractivity contribution in [3.8, 4) is 0 Å². The van der Waals surface area contributed by atoms with Gasteiger partial charge < -0.3 is 30.7 Å². The van der Waals surface area contributed by atoms with Crippen molar-refractivity contribution in [1.29, 1.82) is 0 Å². The largest absolute Gasteiger partial charge is 0.488 e. The minimum absolute atomic E-state index is 0.279. The molecular weight excluding hydrogens is 298 g/mol. The highest BCUT2D eigenvalue weighted by Gasteiger charge is 2.11. The van der Waals surface area contributed by atoms with E-state index in [1.807, 2.05) is 0 Å². The number of carbonyl (C=O) groups excluding carboxylic acids is 1. The predicted octanol–water partition coefficient (Wildman–Crippen LogP) is -1.63. The summed E-state index contributed by atoms with van der Waals surface area (Å²) in [5.41, 5.74) is 2.04. The zero-order valence-electron chi connectivity index (χ0n) is 12.2. The predicted molar refractivity (Wildman–Crippen MR) is 88.4 cm³/mol. The summed E-state index contributed by atoms with van der Waals surface area (Å²) in [4.78, 5) is 11.8. The van der Waals surface area contributed by atoms with Crippen LogP contribution in [-0.2, 0) is 6.54 Å². The average Bonchev–Trinajstić information content (AvgIpc) is 2.54. The minimum atomic E-state index is -1.54. The van der Waals surface area contributed by atoms with Crippen LogP contribution in [0, 0.1) is 0 Å². The molecule has 0 aliphatic rings. The molecule has 2 aromatic rings. The van der Waals surface area contributed by atoms with Crippen LogP contribution in [-0.4, -0.2) is 40.4 Å². The summed E-state index contributed by atoms with van der Waals surface area (Å²) in [6, 6.07) is 12.2. The van der Waals surface area contributed by atoms with Crippen LogP contribution in [0.5, 0.6) is 0 Å². The second kappa shape index (κ2) is 7.80. The molecule has 0 aromatic heterocycles. The van der Waals surface area contributed by atoms with Gasteiger partial charge in [-0.05, 0) is 28.6 Å². The van der Waals surface area contributed by atoms with Gasteiger partial charge in [0.1, 0.15) is 0 Å². The third-order valence-corrected chi connectivity index (χ3v) is 3.20. The van der Waals surface area contributed by atoms with Crippen LogP contribution in [0.3, 0.4) is 0 Å². The second-order valence-corrected chi connectivity index (χ2v) is 4.92. The molecule has 0 aliphatic heterocycles. The van der Waals surface area contributed by atoms with Crippen molar-refractivity contribution >= 4 is 36.9 Å². The van der Waals surface area contributed by atoms with E-state index in [4.69, 9.17) is 20.1 Å². The summed E-state index contributed by atoms with van der Waals surface area (Å²) >= 11 is 0. The van der Waals surface area contributed by atoms with Crippen molar-refractivity contribution in [2.24, 2.45) is 0 Å². The molecule has 0 heterocycles. The zero-order valence-corrected chi connectivity index (χ0v) is 12.2. The van der Waals surface area contributed by atoms with E-state index >= 15 is 0 Å². The Labute approximate surface area is 133 Å². The molecule has 2 aromatic carbocycles. The van der Waals surface area contributed by atoms with Gasteiger partial charge in [-0.3, -0.25) is 0 Å². The molecule has 6 N–H and O–H groups in total. The maximum Gasteiger partial charge on any atom is 0.488 e. The van der Waals surface area contributed by atoms with Gasteiger partial charge in [0.2, 0.25) is 0 Å². The van der Waals surface area contributed by atoms with Crippen molar-refractivity contribution in [3.63, 3.8) is 0 Å². The van der Waals surface area contributed by atoms with Gasteiger partial charge in [0.25, 0.3) is 0 Å². The van der Waals surface area contributed by atoms with Crippen molar-refractivity contribution in [1.82, 2.24) is 5.32 Å². The molecule has 0 aliphatic carbocycles. The summed E-state index contributed by atoms with van der Waals surface area (Å²) in [6.07, 6.45) is 0. The highest BCUT2D eigenvalue weighted by molar-refractivity contribution is 6.58. The van der Waals surface area contributed by atoms with E-state index in [9.17, 15) is 4.79 Å². The molecule has 0 fully saturated rings. The number of anilines is 1. The lowest BCUT2D eigenvalue weighted by atomic mass is 9.80. The Morgan fingerprint density at radius 1 is 0.826 bits per heavy atom. The molecular formula is C14H16B2N2O5. The summed E-state index contributed by atoms with van der Waals surface area (Å²) in [5.74, 6) is 0. The second-order valence-electron chi connectivity index (χ2n) is 4.92. The molecule has 2 rings (SSSR count). The monoisotopic (exact) mass is 314 g/mol. The number of benzene rings is 2. The quantitative estimate of drug-likeness (QED) is 0.370. The fraction of sp³-hybridized carbons (Fsp3) is 0.0714. The van der Waals surface area contributed by atoms with Gasteiger partial charge in [-0.1, -0.05) is 36.4 Å². The molecule has 23 heavy (non-hydrogen) atoms. The molecule has 2 amide bonds. The number of rotatable bonds is 5. The van der Waals surface area contributed by atoms with Crippen LogP contribution in [0.25, 0.3) is 0 Å². The van der Waals surface area contributed by atoms with Gasteiger partial charge in [0.15, 0.2) is 0 Å². The molecule has 0 bridgehead atoms. The number of hydrogen-bond acceptors (Lipinski definition) is 5. The third-order valence-electron chi connectivity index (χ3n) is 3.20. The van der Waals surface area contributed by atoms with Crippen LogP contribution in [0.15, 0.2) is 48.5 Å². The maximum atomic E-state index is 11.8. The highest BCUT2D eigenvalue weighted by atomic mass is 16.4. The van der Waals surface area contributed by atoms with Crippen molar-refractivity contribution < 1.29 is 24.9 Å². The summed E-state index contributed by atoms with van der Waals surface area (Å²) < 4.78 is 0. The Balaban J connectivity index is 1.85. The van der Waals surface area contributed by atoms with Crippen molar-refractivity contribution in [2.45, 2.75) is 6.54 Å². The maximum absolute atomic E-state index is 11.8. The van der Waals surface area contributed by atoms with Gasteiger partial charge in [0.05, 0.1) is 0 Å². The first-order valence-corrected chi connectivity index (χ1v) is 6.91. The topological polar surface area (TPSA) is 122 Å². The van der Waals surface area contributed by atoms with Gasteiger partial charge >= 0.3 is 20.3 Å². The minimum Gasteiger partial charge on any atom is -0.423 e. The molecule has 0 spiro atoms. The van der Waals surface area contributed by atoms with Crippen LogP contribution in [0.4, 0.5) is 10.5 Å². The van der Waals surface area contributed by atoms with Gasteiger partial charge in [-0.15, -0.1) is 0 Å². The first-order chi connectivity index (χ1) is 11.0. The van der Waals surface area contributed by atoms with Crippen LogP contribution < -0.4 is 21.6 Å². The Morgan fingerprint density at radius 2 is 1.30 bits per heavy atom. The Kier molecular flexibility index (Phi) is 5.78. The van der Waals surface area contributed by atoms with E-state index < -0.39 is 20.3 Å². The molecule has 0 atom stereocenters. The third kappa shape index (κ3) is 5.11. The molecule has 0 unspecified atom stereocenters. The van der Waals surface area contributed by atoms with Gasteiger partial charge in [-0.2, -0.15) is 0 Å². The van der Waals surface area contributed by atoms with E-state index in [1.54, 1.807) is 36.4 Å². The smallest absolute Gasteiger partial charge is 0.423 e. The zero-order chi connectivity index (χ0) is 16.8. The number of urea groups is 1. The van der Waals surface area contributed by atoms with E-state index in [1.165, 1.54) is 12.1 Å². The lowest BCUT2D eigenvalue weighted by Gasteiger charge is -2.09. The summed E-state index contributed by atoms with van der Waals surface area (Å²) in [6.45, 7) is 0.279. The number of carbonyl (C=O) groups is 1. The SMILES string of the molecule is O=C(NCc1ccc(B(O)O)cc1)Nc1ccc(B(O)O)cc1. The summed E-state index contributed by atoms with van der Waals surface area (Å²) in [7, 11) is -3.06. The molecule has 118 valence electrons. The van der Waals surface area contributed by atoms with E-state index in [2.05, 4.69) is 10.6 Å². The van der Waals surface area contributed by atoms with Crippen LogP contribution >= 0.6 is 0 Å². The molecule has 9 heteroatoms. The van der Waals surface area contributed by atoms with Crippen LogP contribution in [0.2, 0.25) is 0 Å². The van der Waals surface area contributed by atoms with Gasteiger partial charge in [0, 0.05) is 12.2 Å². The molecule has 0 saturated heterocycles. The lowest BCUT2D eigenvalue weighted by molar-refractivity contribution is 0.251. The first-order valence-electron chi connectivity index (χ1n) is 6.91. The molecule has 7 nitrogen and oxygen atoms in total. The molecule has 0 radical (unpaired) electrons. The van der Waals surface area contributed by atoms with E-state index in [0.29, 0.717) is 16.6 Å². The van der Waals surface area contributed by atoms with E-state index in [0.717, 1.165) is 5.56 Å². The Hall–Kier alpha value is -2.32.